The minimum absolute atomic E-state index is 0.0572. The van der Waals surface area contributed by atoms with Gasteiger partial charge in [0.05, 0.1) is 11.4 Å². The van der Waals surface area contributed by atoms with E-state index in [1.807, 2.05) is 0 Å². The molecule has 8 N–H and O–H groups in total. The molecule has 2 aliphatic carbocycles. The molecule has 0 saturated carbocycles. The molecule has 2 aliphatic rings. The zero-order valence-corrected chi connectivity index (χ0v) is 31.9. The normalized spacial score (nSPS) is 15.3. The van der Waals surface area contributed by atoms with E-state index in [4.69, 9.17) is 10.2 Å². The third-order valence-electron chi connectivity index (χ3n) is 8.39. The number of carbonyl (C=O) groups is 5. The Balaban J connectivity index is 1.19. The van der Waals surface area contributed by atoms with E-state index in [0.717, 1.165) is 24.3 Å². The number of Topliss-reactive ketones (excluding diaryl/α,β-unsaturated/α-hetero) is 2. The lowest BCUT2D eigenvalue weighted by atomic mass is 9.94. The molecule has 0 spiro atoms. The zero-order valence-electron chi connectivity index (χ0n) is 30.2. The number of carbonyl (C=O) groups excluding carboxylic acids is 3. The Hall–Kier alpha value is -7.85. The fourth-order valence-electron chi connectivity index (χ4n) is 5.62. The molecule has 60 heavy (non-hydrogen) atoms. The molecule has 19 nitrogen and oxygen atoms in total. The Morgan fingerprint density at radius 1 is 0.533 bits per heavy atom. The van der Waals surface area contributed by atoms with E-state index in [1.54, 1.807) is 0 Å². The van der Waals surface area contributed by atoms with Crippen molar-refractivity contribution in [3.63, 3.8) is 0 Å². The molecule has 0 aromatic heterocycles. The summed E-state index contributed by atoms with van der Waals surface area (Å²) in [6.45, 7) is 0. The van der Waals surface area contributed by atoms with Crippen LogP contribution >= 0.6 is 0 Å². The molecule has 304 valence electrons. The molecule has 0 aliphatic heterocycles. The summed E-state index contributed by atoms with van der Waals surface area (Å²) in [6, 6.07) is 19.0. The van der Waals surface area contributed by atoms with E-state index in [2.05, 4.69) is 31.7 Å². The summed E-state index contributed by atoms with van der Waals surface area (Å²) in [5.41, 5.74) is 5.42. The first-order valence-corrected chi connectivity index (χ1v) is 19.8. The van der Waals surface area contributed by atoms with Crippen LogP contribution in [-0.2, 0) is 29.8 Å². The number of rotatable bonds is 12. The van der Waals surface area contributed by atoms with Crippen molar-refractivity contribution in [3.8, 4) is 0 Å². The number of fused-ring (bicyclic) bond motifs is 2. The summed E-state index contributed by atoms with van der Waals surface area (Å²) in [5.74, 6) is -4.16. The maximum atomic E-state index is 13.6. The number of carboxylic acids is 2. The van der Waals surface area contributed by atoms with Crippen molar-refractivity contribution in [3.05, 3.63) is 140 Å². The second-order valence-electron chi connectivity index (χ2n) is 12.5. The van der Waals surface area contributed by atoms with Crippen LogP contribution in [0.25, 0.3) is 24.3 Å². The average Bonchev–Trinajstić information content (AvgIpc) is 3.18. The van der Waals surface area contributed by atoms with Crippen molar-refractivity contribution in [2.75, 3.05) is 21.5 Å². The van der Waals surface area contributed by atoms with Gasteiger partial charge in [-0.15, -0.1) is 0 Å². The van der Waals surface area contributed by atoms with Gasteiger partial charge in [0, 0.05) is 34.7 Å². The first-order valence-electron chi connectivity index (χ1n) is 16.9. The number of amides is 2. The van der Waals surface area contributed by atoms with E-state index >= 15 is 0 Å². The second-order valence-corrected chi connectivity index (χ2v) is 15.3. The van der Waals surface area contributed by atoms with Crippen molar-refractivity contribution >= 4 is 108 Å². The number of nitrogens with zero attached hydrogens (tertiary/aromatic N) is 2. The number of nitrogens with one attached hydrogen (secondary N) is 4. The molecular weight excluding hydrogens is 825 g/mol. The summed E-state index contributed by atoms with van der Waals surface area (Å²) >= 11 is 0. The van der Waals surface area contributed by atoms with Gasteiger partial charge >= 0.3 is 18.0 Å². The summed E-state index contributed by atoms with van der Waals surface area (Å²) < 4.78 is 68.9. The quantitative estimate of drug-likeness (QED) is 0.0509. The summed E-state index contributed by atoms with van der Waals surface area (Å²) in [4.78, 5) is 60.2. The van der Waals surface area contributed by atoms with Crippen molar-refractivity contribution in [2.45, 2.75) is 0 Å². The molecule has 0 fully saturated rings. The number of urea groups is 1. The van der Waals surface area contributed by atoms with Gasteiger partial charge in [-0.1, -0.05) is 36.4 Å². The number of anilines is 4. The van der Waals surface area contributed by atoms with Gasteiger partial charge in [0.25, 0.3) is 20.2 Å². The molecule has 0 bridgehead atoms. The van der Waals surface area contributed by atoms with Crippen LogP contribution in [0.2, 0.25) is 0 Å². The summed E-state index contributed by atoms with van der Waals surface area (Å²) in [5, 5.41) is 30.5. The molecule has 21 heteroatoms. The smallest absolute Gasteiger partial charge is 0.328 e. The van der Waals surface area contributed by atoms with Crippen LogP contribution in [0.4, 0.5) is 27.5 Å². The Morgan fingerprint density at radius 3 is 1.22 bits per heavy atom. The highest BCUT2D eigenvalue weighted by Gasteiger charge is 2.34. The van der Waals surface area contributed by atoms with E-state index in [1.165, 1.54) is 97.1 Å². The molecule has 0 unspecified atom stereocenters. The molecular formula is C39H28N6O13S2. The van der Waals surface area contributed by atoms with Crippen LogP contribution in [0, 0.1) is 0 Å². The van der Waals surface area contributed by atoms with Gasteiger partial charge in [-0.25, -0.2) is 14.4 Å². The summed E-state index contributed by atoms with van der Waals surface area (Å²) in [7, 11) is -9.92. The zero-order chi connectivity index (χ0) is 43.4. The second kappa shape index (κ2) is 16.9. The van der Waals surface area contributed by atoms with Gasteiger partial charge in [-0.2, -0.15) is 27.0 Å². The van der Waals surface area contributed by atoms with Gasteiger partial charge in [0.2, 0.25) is 11.6 Å². The monoisotopic (exact) mass is 852 g/mol. The fourth-order valence-corrected chi connectivity index (χ4v) is 6.94. The van der Waals surface area contributed by atoms with Gasteiger partial charge in [-0.05, 0) is 95.1 Å². The fraction of sp³-hybridized carbons (Fsp3) is 0. The SMILES string of the molecule is O=C(O)/C=C/c1ccc(N/N=C2\C(=O)c3cc(NC(=O)Nc4ccc5c(c4)C(=O)/C(=N\Nc4ccc(/C=C/C(=O)O)cc4)C(S(=O)(=O)O)=C5)ccc3C=C2S(=O)(=O)O)cc1. The molecule has 0 atom stereocenters. The Bertz CT molecular complexity index is 2720. The topological polar surface area (TPSA) is 307 Å². The molecule has 6 rings (SSSR count). The molecule has 4 aromatic rings. The van der Waals surface area contributed by atoms with Gasteiger partial charge < -0.3 is 20.8 Å². The van der Waals surface area contributed by atoms with Crippen LogP contribution in [0.5, 0.6) is 0 Å². The van der Waals surface area contributed by atoms with Gasteiger partial charge in [0.1, 0.15) is 9.81 Å². The number of hydrazone groups is 2. The number of aliphatic carboxylic acids is 2. The summed E-state index contributed by atoms with van der Waals surface area (Å²) in [6.07, 6.45) is 6.57. The van der Waals surface area contributed by atoms with Gasteiger partial charge in [0.15, 0.2) is 11.4 Å². The maximum absolute atomic E-state index is 13.6. The highest BCUT2D eigenvalue weighted by atomic mass is 32.2. The highest BCUT2D eigenvalue weighted by molar-refractivity contribution is 7.91. The largest absolute Gasteiger partial charge is 0.478 e. The Morgan fingerprint density at radius 2 is 0.883 bits per heavy atom. The number of hydrogen-bond donors (Lipinski definition) is 8. The van der Waals surface area contributed by atoms with E-state index in [-0.39, 0.29) is 45.0 Å². The maximum Gasteiger partial charge on any atom is 0.328 e. The van der Waals surface area contributed by atoms with E-state index in [0.29, 0.717) is 11.1 Å². The lowest BCUT2D eigenvalue weighted by molar-refractivity contribution is -0.132. The number of ketones is 2. The van der Waals surface area contributed by atoms with E-state index in [9.17, 15) is 49.9 Å². The number of benzene rings is 4. The molecule has 4 aromatic carbocycles. The third kappa shape index (κ3) is 9.99. The first kappa shape index (κ1) is 41.8. The predicted molar refractivity (Wildman–Crippen MR) is 222 cm³/mol. The predicted octanol–water partition coefficient (Wildman–Crippen LogP) is 5.31. The van der Waals surface area contributed by atoms with Crippen LogP contribution in [0.1, 0.15) is 43.0 Å². The molecule has 0 saturated heterocycles. The first-order chi connectivity index (χ1) is 28.3. The van der Waals surface area contributed by atoms with Crippen LogP contribution in [0.15, 0.2) is 117 Å². The Labute approximate surface area is 339 Å². The van der Waals surface area contributed by atoms with Crippen molar-refractivity contribution in [1.29, 1.82) is 0 Å². The highest BCUT2D eigenvalue weighted by Crippen LogP contribution is 2.30. The van der Waals surface area contributed by atoms with Crippen LogP contribution in [-0.4, -0.2) is 77.1 Å². The van der Waals surface area contributed by atoms with Crippen LogP contribution in [0.3, 0.4) is 0 Å². The molecule has 0 radical (unpaired) electrons. The average molecular weight is 853 g/mol. The number of allylic oxidation sites excluding steroid dienone is 2. The van der Waals surface area contributed by atoms with E-state index < -0.39 is 71.0 Å². The van der Waals surface area contributed by atoms with Crippen molar-refractivity contribution in [2.24, 2.45) is 10.2 Å². The van der Waals surface area contributed by atoms with Gasteiger partial charge in [-0.3, -0.25) is 29.5 Å². The number of hydrogen-bond acceptors (Lipinski definition) is 13. The minimum atomic E-state index is -4.96. The van der Waals surface area contributed by atoms with Crippen LogP contribution < -0.4 is 21.5 Å². The Kier molecular flexibility index (Phi) is 11.8. The minimum Gasteiger partial charge on any atom is -0.478 e. The third-order valence-corrected chi connectivity index (χ3v) is 10.1. The van der Waals surface area contributed by atoms with Crippen molar-refractivity contribution < 1.29 is 60.1 Å². The van der Waals surface area contributed by atoms with Crippen molar-refractivity contribution in [1.82, 2.24) is 0 Å². The lowest BCUT2D eigenvalue weighted by Crippen LogP contribution is -2.28. The number of carboxylic acid groups (broad SMARTS) is 2. The molecule has 2 amide bonds. The standard InChI is InChI=1S/C39H28N6O13S2/c46-33(47)15-5-21-1-9-25(10-2-21)42-44-35-31(59(53,54)55)17-23-7-13-27(19-29(23)37(35)50)40-39(52)41-28-14-8-24-18-32(60(56,57)58)36(38(51)30(24)20-28)45-43-26-11-3-22(4-12-26)6-16-34(48)49/h1-20,42-43H,(H,46,47)(H,48,49)(H2,40,41,52)(H,53,54,55)(H,56,57,58)/b15-5+,16-6+,44-35-,45-36-. The lowest BCUT2D eigenvalue weighted by Gasteiger charge is -2.18. The molecule has 0 heterocycles.